The lowest BCUT2D eigenvalue weighted by molar-refractivity contribution is 0.0778. The van der Waals surface area contributed by atoms with Gasteiger partial charge in [0.2, 0.25) is 0 Å². The molecule has 3 atom stereocenters. The fourth-order valence-electron chi connectivity index (χ4n) is 6.63. The lowest BCUT2D eigenvalue weighted by atomic mass is 9.57. The quantitative estimate of drug-likeness (QED) is 0.597. The van der Waals surface area contributed by atoms with Crippen LogP contribution in [0.2, 0.25) is 37.9 Å². The number of hydrogen-bond acceptors (Lipinski definition) is 1. The summed E-state index contributed by atoms with van der Waals surface area (Å²) in [6.07, 6.45) is 26.9. The second-order valence-electron chi connectivity index (χ2n) is 9.92. The van der Waals surface area contributed by atoms with Gasteiger partial charge in [-0.25, -0.2) is 0 Å². The molecule has 0 radical (unpaired) electrons. The Balaban J connectivity index is 1.86. The van der Waals surface area contributed by atoms with E-state index >= 15 is 0 Å². The maximum Gasteiger partial charge on any atom is 0.120 e. The molecule has 0 aromatic heterocycles. The Kier molecular flexibility index (Phi) is 9.54. The molecule has 0 aliphatic carbocycles. The van der Waals surface area contributed by atoms with Crippen LogP contribution < -0.4 is 5.32 Å². The summed E-state index contributed by atoms with van der Waals surface area (Å²) in [5.41, 5.74) is 0.492. The van der Waals surface area contributed by atoms with Crippen molar-refractivity contribution in [2.24, 2.45) is 11.8 Å². The summed E-state index contributed by atoms with van der Waals surface area (Å²) in [4.78, 5) is 0. The first-order valence-corrected chi connectivity index (χ1v) is 12.7. The minimum Gasteiger partial charge on any atom is -0.311 e. The van der Waals surface area contributed by atoms with Gasteiger partial charge in [-0.05, 0) is 56.9 Å². The third kappa shape index (κ3) is 6.08. The molecule has 3 unspecified atom stereocenters. The molecule has 26 heavy (non-hydrogen) atoms. The molecule has 3 heterocycles. The Morgan fingerprint density at radius 2 is 1.00 bits per heavy atom. The van der Waals surface area contributed by atoms with Crippen molar-refractivity contribution in [2.45, 2.75) is 121 Å². The molecule has 146 valence electrons. The highest BCUT2D eigenvalue weighted by Crippen LogP contribution is 2.44. The molecule has 3 fully saturated rings. The van der Waals surface area contributed by atoms with Crippen LogP contribution in [0.1, 0.15) is 77.0 Å². The molecule has 1 nitrogen and oxygen atoms in total. The highest BCUT2D eigenvalue weighted by molar-refractivity contribution is 6.35. The molecule has 3 saturated heterocycles. The summed E-state index contributed by atoms with van der Waals surface area (Å²) >= 11 is 0. The molecule has 0 saturated carbocycles. The van der Waals surface area contributed by atoms with E-state index in [1.165, 1.54) is 143 Å². The van der Waals surface area contributed by atoms with Crippen LogP contribution in [0.4, 0.5) is 0 Å². The Morgan fingerprint density at radius 3 is 1.54 bits per heavy atom. The molecule has 1 spiro atoms. The van der Waals surface area contributed by atoms with E-state index in [1.54, 1.807) is 0 Å². The monoisotopic (exact) mass is 355 g/mol. The van der Waals surface area contributed by atoms with Crippen LogP contribution in [0.15, 0.2) is 0 Å². The van der Waals surface area contributed by atoms with Gasteiger partial charge in [0, 0.05) is 5.54 Å². The van der Waals surface area contributed by atoms with Gasteiger partial charge in [0.15, 0.2) is 0 Å². The van der Waals surface area contributed by atoms with E-state index in [2.05, 4.69) is 5.32 Å². The summed E-state index contributed by atoms with van der Waals surface area (Å²) in [5.74, 6) is 1.92. The second-order valence-corrected chi connectivity index (χ2v) is 9.92. The van der Waals surface area contributed by atoms with Crippen LogP contribution in [-0.4, -0.2) is 33.9 Å². The highest BCUT2D eigenvalue weighted by atomic mass is 15.0. The standard InChI is InChI=1S/C22H44B3N/c1-2-13-23-14-3-8-20-9-4-15-24-16-5-10-21-11-6-17-25-18-7-19-26-22(20,21)12-1/h20-21,23-26H,1-19H2. The Bertz CT molecular complexity index is 330. The summed E-state index contributed by atoms with van der Waals surface area (Å²) in [7, 11) is 4.47. The first-order chi connectivity index (χ1) is 12.9. The van der Waals surface area contributed by atoms with Gasteiger partial charge in [0.25, 0.3) is 0 Å². The topological polar surface area (TPSA) is 12.0 Å². The molecule has 1 N–H and O–H groups in total. The SMILES string of the molecule is B1CCCCC23NCCCBCCCC2CCCBCCCC3CCC1. The Hall–Kier alpha value is 0.155. The van der Waals surface area contributed by atoms with E-state index in [0.29, 0.717) is 5.54 Å². The molecule has 0 amide bonds. The molecular formula is C22H44B3N. The van der Waals surface area contributed by atoms with Crippen molar-refractivity contribution in [1.82, 2.24) is 5.32 Å². The second kappa shape index (κ2) is 11.9. The molecule has 3 rings (SSSR count). The van der Waals surface area contributed by atoms with Crippen LogP contribution in [-0.2, 0) is 0 Å². The lowest BCUT2D eigenvalue weighted by Crippen LogP contribution is -2.57. The predicted octanol–water partition coefficient (Wildman–Crippen LogP) is 5.09. The fraction of sp³-hybridized carbons (Fsp3) is 1.00. The van der Waals surface area contributed by atoms with Crippen LogP contribution in [0.5, 0.6) is 0 Å². The highest BCUT2D eigenvalue weighted by Gasteiger charge is 2.43. The van der Waals surface area contributed by atoms with Crippen molar-refractivity contribution < 1.29 is 0 Å². The lowest BCUT2D eigenvalue weighted by Gasteiger charge is -2.50. The first kappa shape index (κ1) is 20.9. The number of hydrogen-bond donors (Lipinski definition) is 1. The van der Waals surface area contributed by atoms with Crippen molar-refractivity contribution in [2.75, 3.05) is 6.54 Å². The zero-order valence-electron chi connectivity index (χ0n) is 17.7. The Labute approximate surface area is 166 Å². The minimum atomic E-state index is 0.492. The number of rotatable bonds is 0. The molecule has 0 aromatic carbocycles. The fourth-order valence-corrected chi connectivity index (χ4v) is 6.63. The molecular weight excluding hydrogens is 311 g/mol. The third-order valence-electron chi connectivity index (χ3n) is 8.14. The van der Waals surface area contributed by atoms with Gasteiger partial charge in [-0.2, -0.15) is 0 Å². The summed E-state index contributed by atoms with van der Waals surface area (Å²) in [5, 5.41) is 4.34. The minimum absolute atomic E-state index is 0.492. The molecule has 3 aliphatic heterocycles. The normalized spacial score (nSPS) is 36.0. The Morgan fingerprint density at radius 1 is 0.538 bits per heavy atom. The maximum atomic E-state index is 4.34. The van der Waals surface area contributed by atoms with Gasteiger partial charge >= 0.3 is 0 Å². The van der Waals surface area contributed by atoms with E-state index in [0.717, 1.165) is 11.8 Å². The van der Waals surface area contributed by atoms with Gasteiger partial charge in [0.1, 0.15) is 21.8 Å². The zero-order chi connectivity index (χ0) is 17.9. The zero-order valence-corrected chi connectivity index (χ0v) is 17.7. The van der Waals surface area contributed by atoms with Gasteiger partial charge in [0.05, 0.1) is 0 Å². The predicted molar refractivity (Wildman–Crippen MR) is 123 cm³/mol. The molecule has 0 aromatic rings. The van der Waals surface area contributed by atoms with Gasteiger partial charge in [-0.3, -0.25) is 0 Å². The van der Waals surface area contributed by atoms with Crippen LogP contribution >= 0.6 is 0 Å². The largest absolute Gasteiger partial charge is 0.311 e. The van der Waals surface area contributed by atoms with Crippen molar-refractivity contribution in [3.63, 3.8) is 0 Å². The van der Waals surface area contributed by atoms with E-state index in [4.69, 9.17) is 0 Å². The van der Waals surface area contributed by atoms with Crippen molar-refractivity contribution >= 4 is 21.8 Å². The van der Waals surface area contributed by atoms with Crippen molar-refractivity contribution in [1.29, 1.82) is 0 Å². The molecule has 3 aliphatic rings. The van der Waals surface area contributed by atoms with Gasteiger partial charge in [-0.1, -0.05) is 76.4 Å². The van der Waals surface area contributed by atoms with Crippen LogP contribution in [0.25, 0.3) is 0 Å². The summed E-state index contributed by atoms with van der Waals surface area (Å²) in [6.45, 7) is 1.30. The number of nitrogens with one attached hydrogen (secondary N) is 1. The third-order valence-corrected chi connectivity index (χ3v) is 8.14. The van der Waals surface area contributed by atoms with Crippen molar-refractivity contribution in [3.05, 3.63) is 0 Å². The average molecular weight is 355 g/mol. The van der Waals surface area contributed by atoms with Crippen molar-refractivity contribution in [3.8, 4) is 0 Å². The smallest absolute Gasteiger partial charge is 0.120 e. The average Bonchev–Trinajstić information content (AvgIpc) is 2.67. The van der Waals surface area contributed by atoms with E-state index < -0.39 is 0 Å². The van der Waals surface area contributed by atoms with Gasteiger partial charge in [-0.15, -0.1) is 0 Å². The van der Waals surface area contributed by atoms with Gasteiger partial charge < -0.3 is 5.32 Å². The van der Waals surface area contributed by atoms with Crippen LogP contribution in [0.3, 0.4) is 0 Å². The molecule has 4 heteroatoms. The maximum absolute atomic E-state index is 4.34. The van der Waals surface area contributed by atoms with E-state index in [1.807, 2.05) is 0 Å². The summed E-state index contributed by atoms with van der Waals surface area (Å²) < 4.78 is 0. The van der Waals surface area contributed by atoms with Crippen LogP contribution in [0, 0.1) is 11.8 Å². The molecule has 0 bridgehead atoms. The van der Waals surface area contributed by atoms with E-state index in [-0.39, 0.29) is 0 Å². The van der Waals surface area contributed by atoms with E-state index in [9.17, 15) is 0 Å². The first-order valence-electron chi connectivity index (χ1n) is 12.7. The summed E-state index contributed by atoms with van der Waals surface area (Å²) in [6, 6.07) is 0.